The van der Waals surface area contributed by atoms with Crippen molar-refractivity contribution in [1.29, 1.82) is 0 Å². The van der Waals surface area contributed by atoms with Crippen LogP contribution in [0.2, 0.25) is 0 Å². The van der Waals surface area contributed by atoms with Crippen molar-refractivity contribution < 1.29 is 22.4 Å². The molecule has 0 aliphatic heterocycles. The molecule has 0 radical (unpaired) electrons. The zero-order chi connectivity index (χ0) is 16.4. The summed E-state index contributed by atoms with van der Waals surface area (Å²) in [4.78, 5) is 12.1. The van der Waals surface area contributed by atoms with Crippen LogP contribution in [0.4, 0.5) is 17.6 Å². The van der Waals surface area contributed by atoms with Gasteiger partial charge in [-0.05, 0) is 30.2 Å². The van der Waals surface area contributed by atoms with Crippen LogP contribution < -0.4 is 0 Å². The molecule has 0 amide bonds. The molecule has 1 aliphatic carbocycles. The predicted octanol–water partition coefficient (Wildman–Crippen LogP) is 4.82. The van der Waals surface area contributed by atoms with Gasteiger partial charge in [-0.25, -0.2) is 17.6 Å². The first kappa shape index (κ1) is 17.0. The predicted molar refractivity (Wildman–Crippen MR) is 75.3 cm³/mol. The van der Waals surface area contributed by atoms with Crippen LogP contribution in [-0.2, 0) is 11.2 Å². The van der Waals surface area contributed by atoms with E-state index in [9.17, 15) is 22.4 Å². The molecule has 2 rings (SSSR count). The first-order valence-electron chi connectivity index (χ1n) is 7.64. The fraction of sp³-hybridized carbons (Fsp3) is 0.588. The molecule has 0 bridgehead atoms. The third-order valence-electron chi connectivity index (χ3n) is 4.93. The molecule has 3 unspecified atom stereocenters. The zero-order valence-electron chi connectivity index (χ0n) is 12.8. The number of benzene rings is 1. The smallest absolute Gasteiger partial charge is 0.197 e. The Hall–Kier alpha value is -1.39. The average molecular weight is 316 g/mol. The highest BCUT2D eigenvalue weighted by atomic mass is 19.2. The van der Waals surface area contributed by atoms with E-state index >= 15 is 0 Å². The lowest BCUT2D eigenvalue weighted by atomic mass is 9.72. The summed E-state index contributed by atoms with van der Waals surface area (Å²) in [5.74, 6) is -5.78. The average Bonchev–Trinajstić information content (AvgIpc) is 2.47. The Balaban J connectivity index is 2.06. The summed E-state index contributed by atoms with van der Waals surface area (Å²) in [7, 11) is 0. The molecule has 3 atom stereocenters. The molecular weight excluding hydrogens is 296 g/mol. The standard InChI is InChI=1S/C17H20F4O/c1-9-4-3-5-11(10(9)2)6-13(22)7-12-8-14(18)16(20)17(21)15(12)19/h8-11H,3-7H2,1-2H3. The summed E-state index contributed by atoms with van der Waals surface area (Å²) in [5, 5.41) is 0. The molecule has 0 N–H and O–H groups in total. The highest BCUT2D eigenvalue weighted by Crippen LogP contribution is 2.36. The van der Waals surface area contributed by atoms with Gasteiger partial charge in [0.1, 0.15) is 5.78 Å². The van der Waals surface area contributed by atoms with Crippen molar-refractivity contribution in [3.63, 3.8) is 0 Å². The second kappa shape index (κ2) is 6.80. The second-order valence-electron chi connectivity index (χ2n) is 6.41. The van der Waals surface area contributed by atoms with Gasteiger partial charge in [0, 0.05) is 18.4 Å². The number of halogens is 4. The Labute approximate surface area is 127 Å². The van der Waals surface area contributed by atoms with Crippen LogP contribution in [0.5, 0.6) is 0 Å². The van der Waals surface area contributed by atoms with E-state index in [2.05, 4.69) is 13.8 Å². The van der Waals surface area contributed by atoms with Gasteiger partial charge in [-0.15, -0.1) is 0 Å². The summed E-state index contributed by atoms with van der Waals surface area (Å²) >= 11 is 0. The van der Waals surface area contributed by atoms with Crippen LogP contribution in [0.25, 0.3) is 0 Å². The molecule has 1 aliphatic rings. The minimum absolute atomic E-state index is 0.217. The van der Waals surface area contributed by atoms with E-state index in [0.717, 1.165) is 19.3 Å². The first-order chi connectivity index (χ1) is 10.3. The van der Waals surface area contributed by atoms with Gasteiger partial charge in [0.2, 0.25) is 0 Å². The molecule has 0 saturated heterocycles. The Kier molecular flexibility index (Phi) is 5.24. The number of hydrogen-bond donors (Lipinski definition) is 0. The zero-order valence-corrected chi connectivity index (χ0v) is 12.8. The number of carbonyl (C=O) groups is 1. The maximum atomic E-state index is 13.6. The van der Waals surface area contributed by atoms with E-state index < -0.39 is 35.3 Å². The lowest BCUT2D eigenvalue weighted by Crippen LogP contribution is -2.26. The van der Waals surface area contributed by atoms with E-state index in [1.165, 1.54) is 0 Å². The van der Waals surface area contributed by atoms with Crippen molar-refractivity contribution in [1.82, 2.24) is 0 Å². The van der Waals surface area contributed by atoms with Crippen LogP contribution in [0, 0.1) is 41.0 Å². The quantitative estimate of drug-likeness (QED) is 0.442. The van der Waals surface area contributed by atoms with Gasteiger partial charge >= 0.3 is 0 Å². The Morgan fingerprint density at radius 3 is 2.45 bits per heavy atom. The van der Waals surface area contributed by atoms with Crippen LogP contribution >= 0.6 is 0 Å². The van der Waals surface area contributed by atoms with Crippen molar-refractivity contribution in [3.05, 3.63) is 34.9 Å². The molecule has 0 aromatic heterocycles. The topological polar surface area (TPSA) is 17.1 Å². The second-order valence-corrected chi connectivity index (χ2v) is 6.41. The molecule has 1 saturated carbocycles. The summed E-state index contributed by atoms with van der Waals surface area (Å²) in [6.45, 7) is 4.24. The normalized spacial score (nSPS) is 25.3. The molecule has 0 spiro atoms. The van der Waals surface area contributed by atoms with E-state index in [1.54, 1.807) is 0 Å². The van der Waals surface area contributed by atoms with Crippen molar-refractivity contribution >= 4 is 5.78 Å². The maximum absolute atomic E-state index is 13.6. The maximum Gasteiger partial charge on any atom is 0.197 e. The molecular formula is C17H20F4O. The number of carbonyl (C=O) groups excluding carboxylic acids is 1. The highest BCUT2D eigenvalue weighted by Gasteiger charge is 2.29. The summed E-state index contributed by atoms with van der Waals surface area (Å²) < 4.78 is 52.8. The van der Waals surface area contributed by atoms with Crippen LogP contribution in [0.3, 0.4) is 0 Å². The summed E-state index contributed by atoms with van der Waals surface area (Å²) in [5.41, 5.74) is -0.419. The van der Waals surface area contributed by atoms with Gasteiger partial charge in [0.05, 0.1) is 0 Å². The lowest BCUT2D eigenvalue weighted by molar-refractivity contribution is -0.120. The molecule has 1 nitrogen and oxygen atoms in total. The summed E-state index contributed by atoms with van der Waals surface area (Å²) in [6, 6.07) is 0.568. The van der Waals surface area contributed by atoms with E-state index in [-0.39, 0.29) is 18.1 Å². The van der Waals surface area contributed by atoms with Crippen molar-refractivity contribution in [2.45, 2.75) is 46.0 Å². The minimum Gasteiger partial charge on any atom is -0.299 e. The van der Waals surface area contributed by atoms with E-state index in [0.29, 0.717) is 17.9 Å². The molecule has 1 fully saturated rings. The Bertz CT molecular complexity index is 570. The fourth-order valence-corrected chi connectivity index (χ4v) is 3.31. The van der Waals surface area contributed by atoms with Crippen LogP contribution in [0.15, 0.2) is 6.07 Å². The van der Waals surface area contributed by atoms with Gasteiger partial charge in [-0.3, -0.25) is 4.79 Å². The van der Waals surface area contributed by atoms with Gasteiger partial charge in [-0.2, -0.15) is 0 Å². The largest absolute Gasteiger partial charge is 0.299 e. The van der Waals surface area contributed by atoms with Crippen LogP contribution in [-0.4, -0.2) is 5.78 Å². The molecule has 5 heteroatoms. The van der Waals surface area contributed by atoms with Gasteiger partial charge in [0.15, 0.2) is 23.3 Å². The first-order valence-corrected chi connectivity index (χ1v) is 7.64. The monoisotopic (exact) mass is 316 g/mol. The Morgan fingerprint density at radius 1 is 1.09 bits per heavy atom. The third kappa shape index (κ3) is 3.50. The molecule has 122 valence electrons. The Morgan fingerprint density at radius 2 is 1.77 bits per heavy atom. The molecule has 22 heavy (non-hydrogen) atoms. The molecule has 1 aromatic carbocycles. The number of rotatable bonds is 4. The molecule has 1 aromatic rings. The minimum atomic E-state index is -1.86. The SMILES string of the molecule is CC1CCCC(CC(=O)Cc2cc(F)c(F)c(F)c2F)C1C. The van der Waals surface area contributed by atoms with Gasteiger partial charge in [0.25, 0.3) is 0 Å². The van der Waals surface area contributed by atoms with Crippen LogP contribution in [0.1, 0.15) is 45.1 Å². The third-order valence-corrected chi connectivity index (χ3v) is 4.93. The van der Waals surface area contributed by atoms with Crippen molar-refractivity contribution in [2.24, 2.45) is 17.8 Å². The van der Waals surface area contributed by atoms with Gasteiger partial charge < -0.3 is 0 Å². The van der Waals surface area contributed by atoms with Gasteiger partial charge in [-0.1, -0.05) is 26.7 Å². The van der Waals surface area contributed by atoms with Crippen molar-refractivity contribution in [3.8, 4) is 0 Å². The highest BCUT2D eigenvalue weighted by molar-refractivity contribution is 5.81. The number of Topliss-reactive ketones (excluding diaryl/α,β-unsaturated/α-hetero) is 1. The van der Waals surface area contributed by atoms with E-state index in [1.807, 2.05) is 0 Å². The fourth-order valence-electron chi connectivity index (χ4n) is 3.31. The van der Waals surface area contributed by atoms with E-state index in [4.69, 9.17) is 0 Å². The summed E-state index contributed by atoms with van der Waals surface area (Å²) in [6.07, 6.45) is 2.99. The van der Waals surface area contributed by atoms with Crippen molar-refractivity contribution in [2.75, 3.05) is 0 Å². The molecule has 0 heterocycles. The number of hydrogen-bond acceptors (Lipinski definition) is 1. The number of ketones is 1. The lowest BCUT2D eigenvalue weighted by Gasteiger charge is -2.33.